The van der Waals surface area contributed by atoms with Crippen LogP contribution in [0.2, 0.25) is 0 Å². The average molecular weight is 281 g/mol. The zero-order chi connectivity index (χ0) is 14.7. The summed E-state index contributed by atoms with van der Waals surface area (Å²) >= 11 is 0. The summed E-state index contributed by atoms with van der Waals surface area (Å²) in [5, 5.41) is 4.24. The zero-order valence-corrected chi connectivity index (χ0v) is 12.4. The summed E-state index contributed by atoms with van der Waals surface area (Å²) in [4.78, 5) is 12.0. The smallest absolute Gasteiger partial charge is 0.328 e. The van der Waals surface area contributed by atoms with Gasteiger partial charge in [0.1, 0.15) is 12.6 Å². The lowest BCUT2D eigenvalue weighted by Crippen LogP contribution is -2.30. The fraction of sp³-hybridized carbons (Fsp3) is 0.714. The van der Waals surface area contributed by atoms with Crippen molar-refractivity contribution in [2.24, 2.45) is 0 Å². The molecular formula is C14H23N3O3. The molecule has 112 valence electrons. The largest absolute Gasteiger partial charge is 0.461 e. The number of nitrogens with two attached hydrogens (primary N) is 1. The van der Waals surface area contributed by atoms with Gasteiger partial charge in [-0.3, -0.25) is 9.48 Å². The van der Waals surface area contributed by atoms with Crippen LogP contribution in [0.5, 0.6) is 0 Å². The van der Waals surface area contributed by atoms with Gasteiger partial charge in [0.15, 0.2) is 0 Å². The first-order valence-electron chi connectivity index (χ1n) is 7.03. The van der Waals surface area contributed by atoms with Crippen LogP contribution in [0.25, 0.3) is 0 Å². The molecule has 0 aliphatic heterocycles. The lowest BCUT2D eigenvalue weighted by molar-refractivity contribution is -0.153. The van der Waals surface area contributed by atoms with Gasteiger partial charge in [-0.2, -0.15) is 5.10 Å². The number of carbonyl (C=O) groups is 1. The van der Waals surface area contributed by atoms with Gasteiger partial charge in [-0.05, 0) is 33.1 Å². The maximum atomic E-state index is 12.0. The predicted molar refractivity (Wildman–Crippen MR) is 75.3 cm³/mol. The standard InChI is InChI=1S/C14H23N3O3/c1-9-14(15)10(2)17(16-9)8-13(18)20-12-6-4-5-11(7-12)19-3/h11-12H,4-8,15H2,1-3H3. The Labute approximate surface area is 119 Å². The molecule has 2 unspecified atom stereocenters. The maximum Gasteiger partial charge on any atom is 0.328 e. The van der Waals surface area contributed by atoms with Crippen LogP contribution in [-0.4, -0.2) is 35.1 Å². The maximum absolute atomic E-state index is 12.0. The summed E-state index contributed by atoms with van der Waals surface area (Å²) in [6, 6.07) is 0. The highest BCUT2D eigenvalue weighted by molar-refractivity contribution is 5.69. The second-order valence-corrected chi connectivity index (χ2v) is 5.38. The van der Waals surface area contributed by atoms with E-state index in [1.165, 1.54) is 0 Å². The van der Waals surface area contributed by atoms with Crippen molar-refractivity contribution >= 4 is 11.7 Å². The second kappa shape index (κ2) is 6.26. The van der Waals surface area contributed by atoms with Gasteiger partial charge in [0.2, 0.25) is 0 Å². The molecule has 0 radical (unpaired) electrons. The van der Waals surface area contributed by atoms with Crippen LogP contribution in [0.4, 0.5) is 5.69 Å². The number of nitrogens with zero attached hydrogens (tertiary/aromatic N) is 2. The van der Waals surface area contributed by atoms with Crippen LogP contribution >= 0.6 is 0 Å². The molecule has 0 aromatic carbocycles. The van der Waals surface area contributed by atoms with Crippen LogP contribution in [0.1, 0.15) is 37.1 Å². The molecule has 2 atom stereocenters. The highest BCUT2D eigenvalue weighted by Crippen LogP contribution is 2.23. The molecule has 1 aromatic heterocycles. The Hall–Kier alpha value is -1.56. The van der Waals surface area contributed by atoms with Crippen molar-refractivity contribution in [2.45, 2.75) is 58.3 Å². The summed E-state index contributed by atoms with van der Waals surface area (Å²) in [7, 11) is 1.70. The number of nitrogen functional groups attached to an aromatic ring is 1. The van der Waals surface area contributed by atoms with Crippen LogP contribution in [-0.2, 0) is 20.8 Å². The minimum Gasteiger partial charge on any atom is -0.461 e. The van der Waals surface area contributed by atoms with Crippen molar-refractivity contribution in [1.29, 1.82) is 0 Å². The fourth-order valence-electron chi connectivity index (χ4n) is 2.63. The van der Waals surface area contributed by atoms with E-state index in [0.29, 0.717) is 5.69 Å². The Balaban J connectivity index is 1.90. The molecule has 1 fully saturated rings. The van der Waals surface area contributed by atoms with Crippen molar-refractivity contribution in [3.05, 3.63) is 11.4 Å². The lowest BCUT2D eigenvalue weighted by atomic mass is 9.95. The Morgan fingerprint density at radius 1 is 1.40 bits per heavy atom. The molecule has 0 spiro atoms. The average Bonchev–Trinajstić information content (AvgIpc) is 2.66. The molecule has 1 aliphatic rings. The van der Waals surface area contributed by atoms with Gasteiger partial charge in [-0.25, -0.2) is 0 Å². The van der Waals surface area contributed by atoms with Crippen LogP contribution in [0.15, 0.2) is 0 Å². The summed E-state index contributed by atoms with van der Waals surface area (Å²) in [6.07, 6.45) is 3.91. The lowest BCUT2D eigenvalue weighted by Gasteiger charge is -2.27. The molecule has 1 heterocycles. The molecule has 1 saturated carbocycles. The Kier molecular flexibility index (Phi) is 4.65. The number of aryl methyl sites for hydroxylation is 1. The fourth-order valence-corrected chi connectivity index (χ4v) is 2.63. The highest BCUT2D eigenvalue weighted by Gasteiger charge is 2.25. The summed E-state index contributed by atoms with van der Waals surface area (Å²) < 4.78 is 12.4. The van der Waals surface area contributed by atoms with E-state index in [-0.39, 0.29) is 24.7 Å². The molecule has 2 N–H and O–H groups in total. The minimum atomic E-state index is -0.266. The van der Waals surface area contributed by atoms with Crippen molar-refractivity contribution in [1.82, 2.24) is 9.78 Å². The molecule has 6 nitrogen and oxygen atoms in total. The first-order chi connectivity index (χ1) is 9.51. The van der Waals surface area contributed by atoms with Crippen molar-refractivity contribution in [3.63, 3.8) is 0 Å². The Morgan fingerprint density at radius 3 is 2.70 bits per heavy atom. The van der Waals surface area contributed by atoms with Crippen molar-refractivity contribution < 1.29 is 14.3 Å². The van der Waals surface area contributed by atoms with Crippen LogP contribution < -0.4 is 5.73 Å². The van der Waals surface area contributed by atoms with Gasteiger partial charge in [0, 0.05) is 13.5 Å². The molecule has 6 heteroatoms. The first kappa shape index (κ1) is 14.8. The van der Waals surface area contributed by atoms with Crippen LogP contribution in [0.3, 0.4) is 0 Å². The molecule has 2 rings (SSSR count). The van der Waals surface area contributed by atoms with Gasteiger partial charge in [0.05, 0.1) is 23.2 Å². The molecule has 1 aromatic rings. The number of methoxy groups -OCH3 is 1. The van der Waals surface area contributed by atoms with E-state index in [4.69, 9.17) is 15.2 Å². The van der Waals surface area contributed by atoms with E-state index in [0.717, 1.165) is 37.1 Å². The van der Waals surface area contributed by atoms with Gasteiger partial charge in [-0.15, -0.1) is 0 Å². The SMILES string of the molecule is COC1CCCC(OC(=O)Cn2nc(C)c(N)c2C)C1. The Bertz CT molecular complexity index is 484. The number of ether oxygens (including phenoxy) is 2. The third kappa shape index (κ3) is 3.30. The van der Waals surface area contributed by atoms with E-state index in [1.807, 2.05) is 13.8 Å². The first-order valence-corrected chi connectivity index (χ1v) is 7.03. The van der Waals surface area contributed by atoms with E-state index in [2.05, 4.69) is 5.10 Å². The molecule has 0 amide bonds. The normalized spacial score (nSPS) is 22.8. The third-order valence-electron chi connectivity index (χ3n) is 3.93. The predicted octanol–water partition coefficient (Wildman–Crippen LogP) is 1.58. The summed E-state index contributed by atoms with van der Waals surface area (Å²) in [5.41, 5.74) is 8.03. The van der Waals surface area contributed by atoms with E-state index in [9.17, 15) is 4.79 Å². The molecular weight excluding hydrogens is 258 g/mol. The van der Waals surface area contributed by atoms with Gasteiger partial charge in [-0.1, -0.05) is 0 Å². The van der Waals surface area contributed by atoms with Crippen molar-refractivity contribution in [2.75, 3.05) is 12.8 Å². The molecule has 20 heavy (non-hydrogen) atoms. The number of esters is 1. The monoisotopic (exact) mass is 281 g/mol. The number of hydrogen-bond acceptors (Lipinski definition) is 5. The summed E-state index contributed by atoms with van der Waals surface area (Å²) in [5.74, 6) is -0.266. The van der Waals surface area contributed by atoms with Gasteiger partial charge in [0.25, 0.3) is 0 Å². The molecule has 1 aliphatic carbocycles. The number of carbonyl (C=O) groups excluding carboxylic acids is 1. The van der Waals surface area contributed by atoms with Gasteiger partial charge >= 0.3 is 5.97 Å². The number of hydrogen-bond donors (Lipinski definition) is 1. The van der Waals surface area contributed by atoms with Crippen LogP contribution in [0, 0.1) is 13.8 Å². The molecule has 0 saturated heterocycles. The van der Waals surface area contributed by atoms with E-state index in [1.54, 1.807) is 11.8 Å². The quantitative estimate of drug-likeness (QED) is 0.848. The molecule has 0 bridgehead atoms. The summed E-state index contributed by atoms with van der Waals surface area (Å²) in [6.45, 7) is 3.79. The number of rotatable bonds is 4. The highest BCUT2D eigenvalue weighted by atomic mass is 16.5. The van der Waals surface area contributed by atoms with E-state index < -0.39 is 0 Å². The van der Waals surface area contributed by atoms with Crippen molar-refractivity contribution in [3.8, 4) is 0 Å². The minimum absolute atomic E-state index is 0.0458. The Morgan fingerprint density at radius 2 is 2.10 bits per heavy atom. The van der Waals surface area contributed by atoms with E-state index >= 15 is 0 Å². The second-order valence-electron chi connectivity index (χ2n) is 5.38. The third-order valence-corrected chi connectivity index (χ3v) is 3.93. The number of aromatic nitrogens is 2. The zero-order valence-electron chi connectivity index (χ0n) is 12.4. The van der Waals surface area contributed by atoms with Gasteiger partial charge < -0.3 is 15.2 Å². The topological polar surface area (TPSA) is 79.4 Å². The number of anilines is 1.